The lowest BCUT2D eigenvalue weighted by Gasteiger charge is -2.28. The van der Waals surface area contributed by atoms with Gasteiger partial charge >= 0.3 is 0 Å². The van der Waals surface area contributed by atoms with Crippen LogP contribution >= 0.6 is 11.6 Å². The van der Waals surface area contributed by atoms with Crippen molar-refractivity contribution in [1.82, 2.24) is 4.90 Å². The Balaban J connectivity index is 1.86. The molecule has 0 N–H and O–H groups in total. The summed E-state index contributed by atoms with van der Waals surface area (Å²) in [6.07, 6.45) is 6.24. The average molecular weight is 370 g/mol. The SMILES string of the molecule is CCN(CC)CCC[C@@H]1c2ccccc2CCC[C@@H]1c1cccc(Cl)c1. The second kappa shape index (κ2) is 9.58. The summed E-state index contributed by atoms with van der Waals surface area (Å²) in [6.45, 7) is 8.03. The van der Waals surface area contributed by atoms with Crippen molar-refractivity contribution < 1.29 is 0 Å². The number of fused-ring (bicyclic) bond motifs is 1. The Morgan fingerprint density at radius 1 is 1.04 bits per heavy atom. The molecule has 2 aromatic rings. The second-order valence-electron chi connectivity index (χ2n) is 7.53. The highest BCUT2D eigenvalue weighted by Gasteiger charge is 2.28. The molecule has 140 valence electrons. The zero-order chi connectivity index (χ0) is 18.4. The number of aryl methyl sites for hydroxylation is 1. The molecule has 0 aromatic heterocycles. The lowest BCUT2D eigenvalue weighted by molar-refractivity contribution is 0.289. The van der Waals surface area contributed by atoms with Crippen LogP contribution in [0.5, 0.6) is 0 Å². The highest BCUT2D eigenvalue weighted by Crippen LogP contribution is 2.44. The standard InChI is InChI=1S/C24H32ClN/c1-3-26(4-2)17-9-16-24-22-14-6-5-10-19(22)11-8-15-23(24)20-12-7-13-21(25)18-20/h5-7,10,12-14,18,23-24H,3-4,8-9,11,15-17H2,1-2H3/t23-,24-/m1/s1. The van der Waals surface area contributed by atoms with Crippen LogP contribution in [0.15, 0.2) is 48.5 Å². The van der Waals surface area contributed by atoms with Crippen molar-refractivity contribution in [3.63, 3.8) is 0 Å². The Bertz CT molecular complexity index is 692. The molecule has 2 aromatic carbocycles. The first-order chi connectivity index (χ1) is 12.7. The van der Waals surface area contributed by atoms with Crippen LogP contribution in [0.3, 0.4) is 0 Å². The number of hydrogen-bond donors (Lipinski definition) is 0. The summed E-state index contributed by atoms with van der Waals surface area (Å²) in [5.41, 5.74) is 4.56. The first-order valence-electron chi connectivity index (χ1n) is 10.3. The van der Waals surface area contributed by atoms with Crippen molar-refractivity contribution in [1.29, 1.82) is 0 Å². The Morgan fingerprint density at radius 3 is 2.62 bits per heavy atom. The number of halogens is 1. The fourth-order valence-corrected chi connectivity index (χ4v) is 4.82. The fourth-order valence-electron chi connectivity index (χ4n) is 4.62. The van der Waals surface area contributed by atoms with Gasteiger partial charge in [-0.15, -0.1) is 0 Å². The molecule has 0 spiro atoms. The summed E-state index contributed by atoms with van der Waals surface area (Å²) in [7, 11) is 0. The van der Waals surface area contributed by atoms with E-state index in [1.54, 1.807) is 11.1 Å². The minimum Gasteiger partial charge on any atom is -0.304 e. The van der Waals surface area contributed by atoms with Crippen molar-refractivity contribution in [2.45, 2.75) is 57.8 Å². The van der Waals surface area contributed by atoms with Crippen LogP contribution in [0.4, 0.5) is 0 Å². The molecule has 1 aliphatic carbocycles. The maximum absolute atomic E-state index is 6.33. The lowest BCUT2D eigenvalue weighted by atomic mass is 9.77. The maximum Gasteiger partial charge on any atom is 0.0408 e. The quantitative estimate of drug-likeness (QED) is 0.493. The van der Waals surface area contributed by atoms with E-state index in [1.807, 2.05) is 6.07 Å². The van der Waals surface area contributed by atoms with Crippen LogP contribution in [0.1, 0.15) is 68.1 Å². The number of rotatable bonds is 7. The Labute approximate surface area is 164 Å². The summed E-state index contributed by atoms with van der Waals surface area (Å²) in [5, 5.41) is 0.863. The number of hydrogen-bond acceptors (Lipinski definition) is 1. The largest absolute Gasteiger partial charge is 0.304 e. The van der Waals surface area contributed by atoms with Gasteiger partial charge in [0, 0.05) is 5.02 Å². The maximum atomic E-state index is 6.33. The molecule has 2 heteroatoms. The van der Waals surface area contributed by atoms with E-state index in [9.17, 15) is 0 Å². The highest BCUT2D eigenvalue weighted by molar-refractivity contribution is 6.30. The minimum atomic E-state index is 0.578. The van der Waals surface area contributed by atoms with E-state index in [-0.39, 0.29) is 0 Å². The zero-order valence-electron chi connectivity index (χ0n) is 16.3. The first-order valence-corrected chi connectivity index (χ1v) is 10.7. The molecular formula is C24H32ClN. The molecule has 0 heterocycles. The predicted octanol–water partition coefficient (Wildman–Crippen LogP) is 6.67. The minimum absolute atomic E-state index is 0.578. The Kier molecular flexibility index (Phi) is 7.16. The summed E-state index contributed by atoms with van der Waals surface area (Å²) >= 11 is 6.33. The van der Waals surface area contributed by atoms with Crippen molar-refractivity contribution in [3.05, 3.63) is 70.2 Å². The lowest BCUT2D eigenvalue weighted by Crippen LogP contribution is -2.24. The van der Waals surface area contributed by atoms with Gasteiger partial charge in [-0.3, -0.25) is 0 Å². The molecule has 0 radical (unpaired) electrons. The van der Waals surface area contributed by atoms with Crippen molar-refractivity contribution in [3.8, 4) is 0 Å². The van der Waals surface area contributed by atoms with E-state index < -0.39 is 0 Å². The third kappa shape index (κ3) is 4.69. The van der Waals surface area contributed by atoms with Crippen LogP contribution in [0.2, 0.25) is 5.02 Å². The van der Waals surface area contributed by atoms with Gasteiger partial charge < -0.3 is 4.90 Å². The van der Waals surface area contributed by atoms with Crippen molar-refractivity contribution in [2.75, 3.05) is 19.6 Å². The monoisotopic (exact) mass is 369 g/mol. The van der Waals surface area contributed by atoms with Gasteiger partial charge in [0.1, 0.15) is 0 Å². The topological polar surface area (TPSA) is 3.24 Å². The summed E-state index contributed by atoms with van der Waals surface area (Å²) in [4.78, 5) is 2.54. The molecule has 1 nitrogen and oxygen atoms in total. The molecule has 0 amide bonds. The molecule has 2 atom stereocenters. The summed E-state index contributed by atoms with van der Waals surface area (Å²) < 4.78 is 0. The van der Waals surface area contributed by atoms with Gasteiger partial charge in [-0.05, 0) is 92.4 Å². The average Bonchev–Trinajstić information content (AvgIpc) is 2.85. The van der Waals surface area contributed by atoms with Crippen LogP contribution in [0, 0.1) is 0 Å². The van der Waals surface area contributed by atoms with Crippen LogP contribution < -0.4 is 0 Å². The van der Waals surface area contributed by atoms with E-state index >= 15 is 0 Å². The van der Waals surface area contributed by atoms with Gasteiger partial charge in [0.25, 0.3) is 0 Å². The van der Waals surface area contributed by atoms with Crippen molar-refractivity contribution >= 4 is 11.6 Å². The molecule has 0 unspecified atom stereocenters. The van der Waals surface area contributed by atoms with Crippen molar-refractivity contribution in [2.24, 2.45) is 0 Å². The van der Waals surface area contributed by atoms with Crippen LogP contribution in [-0.2, 0) is 6.42 Å². The molecular weight excluding hydrogens is 338 g/mol. The molecule has 26 heavy (non-hydrogen) atoms. The van der Waals surface area contributed by atoms with E-state index in [4.69, 9.17) is 11.6 Å². The fraction of sp³-hybridized carbons (Fsp3) is 0.500. The van der Waals surface area contributed by atoms with E-state index in [0.29, 0.717) is 11.8 Å². The Morgan fingerprint density at radius 2 is 1.85 bits per heavy atom. The third-order valence-electron chi connectivity index (χ3n) is 6.06. The molecule has 0 fully saturated rings. The first kappa shape index (κ1) is 19.5. The van der Waals surface area contributed by atoms with Crippen LogP contribution in [0.25, 0.3) is 0 Å². The Hall–Kier alpha value is -1.31. The van der Waals surface area contributed by atoms with Crippen LogP contribution in [-0.4, -0.2) is 24.5 Å². The molecule has 1 aliphatic rings. The van der Waals surface area contributed by atoms with Gasteiger partial charge in [-0.2, -0.15) is 0 Å². The normalized spacial score (nSPS) is 20.0. The molecule has 0 aliphatic heterocycles. The second-order valence-corrected chi connectivity index (χ2v) is 7.96. The summed E-state index contributed by atoms with van der Waals surface area (Å²) in [5.74, 6) is 1.18. The van der Waals surface area contributed by atoms with Gasteiger partial charge in [0.15, 0.2) is 0 Å². The number of nitrogens with zero attached hydrogens (tertiary/aromatic N) is 1. The molecule has 0 bridgehead atoms. The zero-order valence-corrected chi connectivity index (χ0v) is 17.0. The molecule has 0 saturated carbocycles. The van der Waals surface area contributed by atoms with Gasteiger partial charge in [-0.25, -0.2) is 0 Å². The van der Waals surface area contributed by atoms with Gasteiger partial charge in [-0.1, -0.05) is 61.8 Å². The highest BCUT2D eigenvalue weighted by atomic mass is 35.5. The number of benzene rings is 2. The van der Waals surface area contributed by atoms with Gasteiger partial charge in [0.05, 0.1) is 0 Å². The summed E-state index contributed by atoms with van der Waals surface area (Å²) in [6, 6.07) is 17.7. The van der Waals surface area contributed by atoms with Gasteiger partial charge in [0.2, 0.25) is 0 Å². The molecule has 0 saturated heterocycles. The van der Waals surface area contributed by atoms with E-state index in [0.717, 1.165) is 18.1 Å². The van der Waals surface area contributed by atoms with E-state index in [2.05, 4.69) is 61.2 Å². The predicted molar refractivity (Wildman–Crippen MR) is 113 cm³/mol. The third-order valence-corrected chi connectivity index (χ3v) is 6.30. The molecule has 3 rings (SSSR count). The van der Waals surface area contributed by atoms with E-state index in [1.165, 1.54) is 44.2 Å². The smallest absolute Gasteiger partial charge is 0.0408 e.